The number of carbonyl (C=O) groups excluding carboxylic acids is 1. The molecule has 0 aliphatic carbocycles. The van der Waals surface area contributed by atoms with Crippen LogP contribution in [-0.4, -0.2) is 5.78 Å². The van der Waals surface area contributed by atoms with Crippen molar-refractivity contribution in [1.29, 1.82) is 0 Å². The lowest BCUT2D eigenvalue weighted by Crippen LogP contribution is -1.97. The average Bonchev–Trinajstić information content (AvgIpc) is 2.61. The smallest absolute Gasteiger partial charge is 0.186 e. The first kappa shape index (κ1) is 16.2. The van der Waals surface area contributed by atoms with Crippen LogP contribution in [0.15, 0.2) is 78.9 Å². The van der Waals surface area contributed by atoms with Crippen LogP contribution >= 0.6 is 11.6 Å². The van der Waals surface area contributed by atoms with Crippen molar-refractivity contribution in [3.05, 3.63) is 101 Å². The third kappa shape index (κ3) is 3.81. The summed E-state index contributed by atoms with van der Waals surface area (Å²) in [5.41, 5.74) is 4.83. The minimum Gasteiger partial charge on any atom is -0.289 e. The molecule has 0 spiro atoms. The lowest BCUT2D eigenvalue weighted by molar-refractivity contribution is 0.104. The number of aryl methyl sites for hydroxylation is 1. The van der Waals surface area contributed by atoms with E-state index in [9.17, 15) is 4.79 Å². The molecule has 0 atom stereocenters. The summed E-state index contributed by atoms with van der Waals surface area (Å²) >= 11 is 5.88. The minimum absolute atomic E-state index is 0.0120. The van der Waals surface area contributed by atoms with Crippen LogP contribution < -0.4 is 0 Å². The summed E-state index contributed by atoms with van der Waals surface area (Å²) in [6, 6.07) is 23.3. The van der Waals surface area contributed by atoms with Gasteiger partial charge in [-0.1, -0.05) is 83.9 Å². The second-order valence-corrected chi connectivity index (χ2v) is 6.10. The van der Waals surface area contributed by atoms with Gasteiger partial charge < -0.3 is 0 Å². The van der Waals surface area contributed by atoms with Gasteiger partial charge in [0.05, 0.1) is 0 Å². The van der Waals surface area contributed by atoms with Crippen LogP contribution in [0.3, 0.4) is 0 Å². The number of ketones is 1. The van der Waals surface area contributed by atoms with Gasteiger partial charge in [0.1, 0.15) is 0 Å². The van der Waals surface area contributed by atoms with Gasteiger partial charge in [-0.05, 0) is 41.8 Å². The fourth-order valence-electron chi connectivity index (χ4n) is 2.60. The minimum atomic E-state index is -0.0120. The highest BCUT2D eigenvalue weighted by Crippen LogP contribution is 2.25. The molecule has 2 heteroatoms. The SMILES string of the molecule is Cc1cccc(-c2ccccc2C(=O)/C=C/c2ccc(Cl)cc2)c1. The van der Waals surface area contributed by atoms with Gasteiger partial charge in [0.15, 0.2) is 5.78 Å². The van der Waals surface area contributed by atoms with Gasteiger partial charge in [0, 0.05) is 10.6 Å². The molecule has 0 saturated carbocycles. The molecule has 0 N–H and O–H groups in total. The van der Waals surface area contributed by atoms with Gasteiger partial charge in [0.2, 0.25) is 0 Å². The fourth-order valence-corrected chi connectivity index (χ4v) is 2.72. The van der Waals surface area contributed by atoms with E-state index in [1.54, 1.807) is 6.08 Å². The Labute approximate surface area is 147 Å². The van der Waals surface area contributed by atoms with E-state index in [-0.39, 0.29) is 5.78 Å². The molecular formula is C22H17ClO. The van der Waals surface area contributed by atoms with E-state index in [0.717, 1.165) is 16.7 Å². The predicted octanol–water partition coefficient (Wildman–Crippen LogP) is 6.21. The number of benzene rings is 3. The Morgan fingerprint density at radius 1 is 0.917 bits per heavy atom. The Balaban J connectivity index is 1.92. The van der Waals surface area contributed by atoms with Gasteiger partial charge in [-0.2, -0.15) is 0 Å². The summed E-state index contributed by atoms with van der Waals surface area (Å²) in [7, 11) is 0. The van der Waals surface area contributed by atoms with Crippen molar-refractivity contribution in [1.82, 2.24) is 0 Å². The number of halogens is 1. The molecule has 0 aromatic heterocycles. The molecular weight excluding hydrogens is 316 g/mol. The number of hydrogen-bond acceptors (Lipinski definition) is 1. The number of rotatable bonds is 4. The molecule has 0 amide bonds. The maximum Gasteiger partial charge on any atom is 0.186 e. The fraction of sp³-hybridized carbons (Fsp3) is 0.0455. The third-order valence-corrected chi connectivity index (χ3v) is 4.07. The Kier molecular flexibility index (Phi) is 4.93. The van der Waals surface area contributed by atoms with E-state index >= 15 is 0 Å². The summed E-state index contributed by atoms with van der Waals surface area (Å²) in [6.45, 7) is 2.05. The van der Waals surface area contributed by atoms with E-state index in [2.05, 4.69) is 6.07 Å². The molecule has 118 valence electrons. The van der Waals surface area contributed by atoms with E-state index in [1.807, 2.05) is 79.7 Å². The molecule has 3 rings (SSSR count). The second-order valence-electron chi connectivity index (χ2n) is 5.66. The van der Waals surface area contributed by atoms with Crippen LogP contribution in [0.25, 0.3) is 17.2 Å². The van der Waals surface area contributed by atoms with Crippen molar-refractivity contribution in [2.24, 2.45) is 0 Å². The quantitative estimate of drug-likeness (QED) is 0.410. The maximum atomic E-state index is 12.7. The summed E-state index contributed by atoms with van der Waals surface area (Å²) in [4.78, 5) is 12.7. The van der Waals surface area contributed by atoms with Gasteiger partial charge in [-0.3, -0.25) is 4.79 Å². The molecule has 0 unspecified atom stereocenters. The Morgan fingerprint density at radius 2 is 1.67 bits per heavy atom. The number of carbonyl (C=O) groups is 1. The van der Waals surface area contributed by atoms with Gasteiger partial charge in [-0.25, -0.2) is 0 Å². The molecule has 0 radical (unpaired) electrons. The second kappa shape index (κ2) is 7.29. The number of hydrogen-bond donors (Lipinski definition) is 0. The lowest BCUT2D eigenvalue weighted by atomic mass is 9.95. The monoisotopic (exact) mass is 332 g/mol. The normalized spacial score (nSPS) is 10.9. The Bertz CT molecular complexity index is 892. The Hall–Kier alpha value is -2.64. The van der Waals surface area contributed by atoms with E-state index in [0.29, 0.717) is 10.6 Å². The largest absolute Gasteiger partial charge is 0.289 e. The van der Waals surface area contributed by atoms with Crippen molar-refractivity contribution in [3.8, 4) is 11.1 Å². The zero-order chi connectivity index (χ0) is 16.9. The highest BCUT2D eigenvalue weighted by molar-refractivity contribution is 6.30. The maximum absolute atomic E-state index is 12.7. The van der Waals surface area contributed by atoms with E-state index in [1.165, 1.54) is 5.56 Å². The van der Waals surface area contributed by atoms with Crippen LogP contribution in [0, 0.1) is 6.92 Å². The molecule has 1 nitrogen and oxygen atoms in total. The first-order valence-electron chi connectivity index (χ1n) is 7.77. The number of allylic oxidation sites excluding steroid dienone is 1. The first-order chi connectivity index (χ1) is 11.6. The summed E-state index contributed by atoms with van der Waals surface area (Å²) in [5.74, 6) is -0.0120. The van der Waals surface area contributed by atoms with Crippen LogP contribution in [-0.2, 0) is 0 Å². The highest BCUT2D eigenvalue weighted by atomic mass is 35.5. The first-order valence-corrected chi connectivity index (χ1v) is 8.15. The van der Waals surface area contributed by atoms with Crippen LogP contribution in [0.4, 0.5) is 0 Å². The summed E-state index contributed by atoms with van der Waals surface area (Å²) < 4.78 is 0. The van der Waals surface area contributed by atoms with Gasteiger partial charge >= 0.3 is 0 Å². The molecule has 24 heavy (non-hydrogen) atoms. The zero-order valence-corrected chi connectivity index (χ0v) is 14.1. The average molecular weight is 333 g/mol. The van der Waals surface area contributed by atoms with Crippen molar-refractivity contribution >= 4 is 23.5 Å². The van der Waals surface area contributed by atoms with Crippen molar-refractivity contribution in [2.75, 3.05) is 0 Å². The topological polar surface area (TPSA) is 17.1 Å². The summed E-state index contributed by atoms with van der Waals surface area (Å²) in [6.07, 6.45) is 3.42. The lowest BCUT2D eigenvalue weighted by Gasteiger charge is -2.08. The van der Waals surface area contributed by atoms with Crippen LogP contribution in [0.2, 0.25) is 5.02 Å². The molecule has 0 fully saturated rings. The van der Waals surface area contributed by atoms with Crippen LogP contribution in [0.5, 0.6) is 0 Å². The molecule has 0 saturated heterocycles. The van der Waals surface area contributed by atoms with E-state index < -0.39 is 0 Å². The Morgan fingerprint density at radius 3 is 2.42 bits per heavy atom. The predicted molar refractivity (Wildman–Crippen MR) is 101 cm³/mol. The molecule has 0 aliphatic heterocycles. The van der Waals surface area contributed by atoms with E-state index in [4.69, 9.17) is 11.6 Å². The van der Waals surface area contributed by atoms with Crippen molar-refractivity contribution in [2.45, 2.75) is 6.92 Å². The standard InChI is InChI=1S/C22H17ClO/c1-16-5-4-6-18(15-16)20-7-2-3-8-21(20)22(24)14-11-17-9-12-19(23)13-10-17/h2-15H,1H3/b14-11+. The molecule has 3 aromatic rings. The molecule has 0 bridgehead atoms. The third-order valence-electron chi connectivity index (χ3n) is 3.82. The molecule has 3 aromatic carbocycles. The van der Waals surface area contributed by atoms with Crippen molar-refractivity contribution < 1.29 is 4.79 Å². The zero-order valence-electron chi connectivity index (χ0n) is 13.4. The molecule has 0 heterocycles. The van der Waals surface area contributed by atoms with Gasteiger partial charge in [-0.15, -0.1) is 0 Å². The highest BCUT2D eigenvalue weighted by Gasteiger charge is 2.10. The summed E-state index contributed by atoms with van der Waals surface area (Å²) in [5, 5.41) is 0.684. The van der Waals surface area contributed by atoms with Crippen LogP contribution in [0.1, 0.15) is 21.5 Å². The van der Waals surface area contributed by atoms with Gasteiger partial charge in [0.25, 0.3) is 0 Å². The van der Waals surface area contributed by atoms with Crippen molar-refractivity contribution in [3.63, 3.8) is 0 Å². The molecule has 0 aliphatic rings.